The minimum atomic E-state index is 0.584. The molecule has 0 unspecified atom stereocenters. The molecule has 0 fully saturated rings. The van der Waals surface area contributed by atoms with Gasteiger partial charge < -0.3 is 9.64 Å². The fourth-order valence-corrected chi connectivity index (χ4v) is 2.12. The zero-order valence-corrected chi connectivity index (χ0v) is 12.5. The number of anilines is 1. The number of methoxy groups -OCH3 is 1. The predicted octanol–water partition coefficient (Wildman–Crippen LogP) is 1.83. The van der Waals surface area contributed by atoms with Gasteiger partial charge in [0, 0.05) is 31.9 Å². The number of hydrogen-bond acceptors (Lipinski definition) is 5. The Labute approximate surface area is 119 Å². The van der Waals surface area contributed by atoms with Crippen LogP contribution in [0.3, 0.4) is 0 Å². The monoisotopic (exact) mass is 275 g/mol. The topological polar surface area (TPSA) is 56.1 Å². The van der Waals surface area contributed by atoms with E-state index in [-0.39, 0.29) is 0 Å². The van der Waals surface area contributed by atoms with E-state index in [1.165, 1.54) is 12.0 Å². The Morgan fingerprint density at radius 1 is 1.25 bits per heavy atom. The Bertz CT molecular complexity index is 566. The molecule has 0 aromatic carbocycles. The second-order valence-electron chi connectivity index (χ2n) is 4.84. The van der Waals surface area contributed by atoms with E-state index in [1.54, 1.807) is 7.11 Å². The first-order valence-electron chi connectivity index (χ1n) is 6.68. The summed E-state index contributed by atoms with van der Waals surface area (Å²) in [5, 5.41) is 4.46. The maximum atomic E-state index is 5.11. The molecule has 2 aromatic rings. The van der Waals surface area contributed by atoms with Crippen molar-refractivity contribution in [3.05, 3.63) is 29.8 Å². The standard InChI is InChI=1S/C14H21N5O/c1-11-8-12(2)19(17-11)7-5-6-18(3)13-9-14(20-4)16-10-15-13/h8-10H,5-7H2,1-4H3. The molecule has 20 heavy (non-hydrogen) atoms. The average molecular weight is 275 g/mol. The summed E-state index contributed by atoms with van der Waals surface area (Å²) in [6.07, 6.45) is 2.52. The molecule has 2 heterocycles. The molecule has 0 atom stereocenters. The third-order valence-corrected chi connectivity index (χ3v) is 3.19. The molecule has 0 bridgehead atoms. The molecular weight excluding hydrogens is 254 g/mol. The van der Waals surface area contributed by atoms with Crippen LogP contribution < -0.4 is 9.64 Å². The molecule has 0 saturated carbocycles. The lowest BCUT2D eigenvalue weighted by atomic mass is 10.3. The number of hydrogen-bond donors (Lipinski definition) is 0. The van der Waals surface area contributed by atoms with Crippen molar-refractivity contribution < 1.29 is 4.74 Å². The predicted molar refractivity (Wildman–Crippen MR) is 78.2 cm³/mol. The highest BCUT2D eigenvalue weighted by molar-refractivity contribution is 5.39. The van der Waals surface area contributed by atoms with Crippen molar-refractivity contribution in [2.24, 2.45) is 0 Å². The summed E-state index contributed by atoms with van der Waals surface area (Å²) in [6, 6.07) is 3.93. The first-order valence-corrected chi connectivity index (χ1v) is 6.68. The maximum absolute atomic E-state index is 5.11. The van der Waals surface area contributed by atoms with Gasteiger partial charge in [-0.25, -0.2) is 9.97 Å². The summed E-state index contributed by atoms with van der Waals surface area (Å²) in [7, 11) is 3.62. The highest BCUT2D eigenvalue weighted by Crippen LogP contribution is 2.14. The van der Waals surface area contributed by atoms with Crippen LogP contribution in [0.25, 0.3) is 0 Å². The van der Waals surface area contributed by atoms with Crippen LogP contribution in [0.1, 0.15) is 17.8 Å². The van der Waals surface area contributed by atoms with Crippen molar-refractivity contribution >= 4 is 5.82 Å². The van der Waals surface area contributed by atoms with Gasteiger partial charge in [0.25, 0.3) is 0 Å². The molecule has 0 aliphatic heterocycles. The normalized spacial score (nSPS) is 10.6. The quantitative estimate of drug-likeness (QED) is 0.805. The minimum absolute atomic E-state index is 0.584. The van der Waals surface area contributed by atoms with Gasteiger partial charge in [-0.05, 0) is 26.3 Å². The van der Waals surface area contributed by atoms with Crippen molar-refractivity contribution in [2.75, 3.05) is 25.6 Å². The average Bonchev–Trinajstić information content (AvgIpc) is 2.77. The van der Waals surface area contributed by atoms with Crippen LogP contribution in [0.15, 0.2) is 18.5 Å². The third-order valence-electron chi connectivity index (χ3n) is 3.19. The smallest absolute Gasteiger partial charge is 0.218 e. The fraction of sp³-hybridized carbons (Fsp3) is 0.500. The molecule has 0 radical (unpaired) electrons. The summed E-state index contributed by atoms with van der Waals surface area (Å²) in [4.78, 5) is 10.3. The second kappa shape index (κ2) is 6.36. The van der Waals surface area contributed by atoms with Gasteiger partial charge in [0.1, 0.15) is 12.1 Å². The summed E-state index contributed by atoms with van der Waals surface area (Å²) in [5.41, 5.74) is 2.27. The SMILES string of the molecule is COc1cc(N(C)CCCn2nc(C)cc2C)ncn1. The number of ether oxygens (including phenoxy) is 1. The van der Waals surface area contributed by atoms with Gasteiger partial charge in [0.15, 0.2) is 0 Å². The van der Waals surface area contributed by atoms with Crippen molar-refractivity contribution in [1.82, 2.24) is 19.7 Å². The molecule has 0 amide bonds. The Morgan fingerprint density at radius 2 is 2.05 bits per heavy atom. The largest absolute Gasteiger partial charge is 0.481 e. The minimum Gasteiger partial charge on any atom is -0.481 e. The molecule has 2 aromatic heterocycles. The molecule has 6 nitrogen and oxygen atoms in total. The van der Waals surface area contributed by atoms with Crippen LogP contribution >= 0.6 is 0 Å². The van der Waals surface area contributed by atoms with Crippen LogP contribution in [0.5, 0.6) is 5.88 Å². The second-order valence-corrected chi connectivity index (χ2v) is 4.84. The third kappa shape index (κ3) is 3.46. The number of aromatic nitrogens is 4. The van der Waals surface area contributed by atoms with E-state index >= 15 is 0 Å². The maximum Gasteiger partial charge on any atom is 0.218 e. The van der Waals surface area contributed by atoms with Crippen LogP contribution in [0.2, 0.25) is 0 Å². The zero-order valence-electron chi connectivity index (χ0n) is 12.5. The van der Waals surface area contributed by atoms with Gasteiger partial charge in [-0.1, -0.05) is 0 Å². The summed E-state index contributed by atoms with van der Waals surface area (Å²) < 4.78 is 7.15. The van der Waals surface area contributed by atoms with E-state index in [2.05, 4.69) is 33.0 Å². The molecular formula is C14H21N5O. The van der Waals surface area contributed by atoms with Gasteiger partial charge in [-0.15, -0.1) is 0 Å². The van der Waals surface area contributed by atoms with E-state index in [9.17, 15) is 0 Å². The lowest BCUT2D eigenvalue weighted by Gasteiger charge is -2.18. The molecule has 6 heteroatoms. The van der Waals surface area contributed by atoms with E-state index in [1.807, 2.05) is 24.7 Å². The van der Waals surface area contributed by atoms with Gasteiger partial charge in [0.2, 0.25) is 5.88 Å². The van der Waals surface area contributed by atoms with E-state index in [0.29, 0.717) is 5.88 Å². The van der Waals surface area contributed by atoms with Gasteiger partial charge in [-0.3, -0.25) is 4.68 Å². The Morgan fingerprint density at radius 3 is 2.70 bits per heavy atom. The highest BCUT2D eigenvalue weighted by Gasteiger charge is 2.06. The number of nitrogens with zero attached hydrogens (tertiary/aromatic N) is 5. The molecule has 0 aliphatic carbocycles. The molecule has 0 N–H and O–H groups in total. The van der Waals surface area contributed by atoms with Crippen LogP contribution in [0, 0.1) is 13.8 Å². The van der Waals surface area contributed by atoms with Crippen molar-refractivity contribution in [3.8, 4) is 5.88 Å². The first-order chi connectivity index (χ1) is 9.60. The first kappa shape index (κ1) is 14.3. The lowest BCUT2D eigenvalue weighted by Crippen LogP contribution is -2.21. The van der Waals surface area contributed by atoms with Crippen molar-refractivity contribution in [2.45, 2.75) is 26.8 Å². The molecule has 108 valence electrons. The van der Waals surface area contributed by atoms with Crippen LogP contribution in [-0.4, -0.2) is 40.5 Å². The van der Waals surface area contributed by atoms with Gasteiger partial charge in [0.05, 0.1) is 12.8 Å². The molecule has 0 aliphatic rings. The summed E-state index contributed by atoms with van der Waals surface area (Å²) in [5.74, 6) is 1.45. The zero-order chi connectivity index (χ0) is 14.5. The highest BCUT2D eigenvalue weighted by atomic mass is 16.5. The van der Waals surface area contributed by atoms with Crippen molar-refractivity contribution in [3.63, 3.8) is 0 Å². The Hall–Kier alpha value is -2.11. The van der Waals surface area contributed by atoms with Crippen molar-refractivity contribution in [1.29, 1.82) is 0 Å². The number of aryl methyl sites for hydroxylation is 3. The number of rotatable bonds is 6. The molecule has 2 rings (SSSR count). The lowest BCUT2D eigenvalue weighted by molar-refractivity contribution is 0.397. The van der Waals surface area contributed by atoms with E-state index in [4.69, 9.17) is 4.74 Å². The summed E-state index contributed by atoms with van der Waals surface area (Å²) >= 11 is 0. The van der Waals surface area contributed by atoms with Crippen LogP contribution in [-0.2, 0) is 6.54 Å². The summed E-state index contributed by atoms with van der Waals surface area (Å²) in [6.45, 7) is 5.91. The Kier molecular flexibility index (Phi) is 4.55. The Balaban J connectivity index is 1.88. The van der Waals surface area contributed by atoms with E-state index < -0.39 is 0 Å². The van der Waals surface area contributed by atoms with E-state index in [0.717, 1.165) is 31.0 Å². The van der Waals surface area contributed by atoms with Gasteiger partial charge in [-0.2, -0.15) is 5.10 Å². The van der Waals surface area contributed by atoms with Gasteiger partial charge >= 0.3 is 0 Å². The molecule has 0 saturated heterocycles. The van der Waals surface area contributed by atoms with Crippen LogP contribution in [0.4, 0.5) is 5.82 Å². The molecule has 0 spiro atoms. The fourth-order valence-electron chi connectivity index (χ4n) is 2.12.